The lowest BCUT2D eigenvalue weighted by molar-refractivity contribution is 0.455. The molecular formula is C18H22BrN. The van der Waals surface area contributed by atoms with E-state index in [9.17, 15) is 0 Å². The lowest BCUT2D eigenvalue weighted by atomic mass is 9.99. The first-order valence-corrected chi connectivity index (χ1v) is 7.98. The van der Waals surface area contributed by atoms with Crippen molar-refractivity contribution in [3.05, 3.63) is 69.7 Å². The van der Waals surface area contributed by atoms with Gasteiger partial charge in [0.05, 0.1) is 0 Å². The molecule has 0 radical (unpaired) electrons. The highest BCUT2D eigenvalue weighted by atomic mass is 79.9. The highest BCUT2D eigenvalue weighted by Gasteiger charge is 2.15. The summed E-state index contributed by atoms with van der Waals surface area (Å²) in [5, 5.41) is 3.75. The Labute approximate surface area is 130 Å². The second kappa shape index (κ2) is 7.05. The lowest BCUT2D eigenvalue weighted by Gasteiger charge is -2.24. The van der Waals surface area contributed by atoms with Gasteiger partial charge in [-0.2, -0.15) is 0 Å². The number of hydrogen-bond acceptors (Lipinski definition) is 1. The van der Waals surface area contributed by atoms with Gasteiger partial charge < -0.3 is 5.32 Å². The van der Waals surface area contributed by atoms with Gasteiger partial charge in [0.25, 0.3) is 0 Å². The predicted molar refractivity (Wildman–Crippen MR) is 89.9 cm³/mol. The highest BCUT2D eigenvalue weighted by Crippen LogP contribution is 2.25. The predicted octanol–water partition coefficient (Wildman–Crippen LogP) is 5.56. The van der Waals surface area contributed by atoms with Crippen LogP contribution in [0.15, 0.2) is 53.0 Å². The van der Waals surface area contributed by atoms with Crippen LogP contribution >= 0.6 is 15.9 Å². The van der Waals surface area contributed by atoms with Crippen LogP contribution in [0.2, 0.25) is 0 Å². The van der Waals surface area contributed by atoms with Crippen molar-refractivity contribution in [2.45, 2.75) is 39.3 Å². The number of aryl methyl sites for hydroxylation is 1. The lowest BCUT2D eigenvalue weighted by Crippen LogP contribution is -2.24. The van der Waals surface area contributed by atoms with E-state index in [1.807, 2.05) is 0 Å². The van der Waals surface area contributed by atoms with Crippen LogP contribution in [-0.4, -0.2) is 0 Å². The summed E-state index contributed by atoms with van der Waals surface area (Å²) in [5.74, 6) is 0. The Kier molecular flexibility index (Phi) is 5.38. The van der Waals surface area contributed by atoms with E-state index in [4.69, 9.17) is 0 Å². The molecule has 2 heteroatoms. The fraction of sp³-hybridized carbons (Fsp3) is 0.333. The highest BCUT2D eigenvalue weighted by molar-refractivity contribution is 9.10. The Balaban J connectivity index is 2.16. The van der Waals surface area contributed by atoms with Gasteiger partial charge in [-0.3, -0.25) is 0 Å². The molecule has 0 aliphatic rings. The molecule has 2 aromatic carbocycles. The third-order valence-electron chi connectivity index (χ3n) is 3.77. The summed E-state index contributed by atoms with van der Waals surface area (Å²) in [4.78, 5) is 0. The molecule has 0 fully saturated rings. The van der Waals surface area contributed by atoms with Crippen LogP contribution in [-0.2, 0) is 0 Å². The van der Waals surface area contributed by atoms with Crippen molar-refractivity contribution in [3.8, 4) is 0 Å². The molecule has 0 amide bonds. The minimum absolute atomic E-state index is 0.347. The molecule has 1 nitrogen and oxygen atoms in total. The summed E-state index contributed by atoms with van der Waals surface area (Å²) < 4.78 is 1.14. The van der Waals surface area contributed by atoms with Gasteiger partial charge in [0.15, 0.2) is 0 Å². The van der Waals surface area contributed by atoms with Crippen LogP contribution in [0.4, 0.5) is 0 Å². The Hall–Kier alpha value is -1.12. The molecule has 0 aromatic heterocycles. The molecule has 0 aliphatic carbocycles. The molecule has 1 N–H and O–H groups in total. The Bertz CT molecular complexity index is 565. The molecule has 0 saturated heterocycles. The minimum atomic E-state index is 0.347. The van der Waals surface area contributed by atoms with E-state index >= 15 is 0 Å². The fourth-order valence-corrected chi connectivity index (χ4v) is 3.05. The van der Waals surface area contributed by atoms with Gasteiger partial charge >= 0.3 is 0 Å². The van der Waals surface area contributed by atoms with Crippen molar-refractivity contribution in [3.63, 3.8) is 0 Å². The van der Waals surface area contributed by atoms with Crippen molar-refractivity contribution in [2.24, 2.45) is 0 Å². The minimum Gasteiger partial charge on any atom is -0.303 e. The van der Waals surface area contributed by atoms with Crippen molar-refractivity contribution >= 4 is 15.9 Å². The summed E-state index contributed by atoms with van der Waals surface area (Å²) in [6.45, 7) is 6.64. The van der Waals surface area contributed by atoms with Gasteiger partial charge in [0.2, 0.25) is 0 Å². The number of rotatable bonds is 5. The first kappa shape index (κ1) is 15.3. The molecule has 0 saturated carbocycles. The molecular weight excluding hydrogens is 310 g/mol. The standard InChI is InChI=1S/C18H22BrN/c1-4-18(15-9-7-10-16(19)12-15)20-14(3)17-11-6-5-8-13(17)2/h5-12,14,18,20H,4H2,1-3H3/t14-,18?/m1/s1. The van der Waals surface area contributed by atoms with Crippen molar-refractivity contribution in [1.29, 1.82) is 0 Å². The Morgan fingerprint density at radius 3 is 2.50 bits per heavy atom. The molecule has 20 heavy (non-hydrogen) atoms. The largest absolute Gasteiger partial charge is 0.303 e. The molecule has 0 heterocycles. The molecule has 2 rings (SSSR count). The maximum Gasteiger partial charge on any atom is 0.0323 e. The van der Waals surface area contributed by atoms with Crippen LogP contribution in [0.25, 0.3) is 0 Å². The summed E-state index contributed by atoms with van der Waals surface area (Å²) in [6, 6.07) is 17.9. The van der Waals surface area contributed by atoms with Crippen molar-refractivity contribution in [2.75, 3.05) is 0 Å². The topological polar surface area (TPSA) is 12.0 Å². The van der Waals surface area contributed by atoms with Gasteiger partial charge in [0.1, 0.15) is 0 Å². The average Bonchev–Trinajstić information content (AvgIpc) is 2.45. The van der Waals surface area contributed by atoms with Crippen molar-refractivity contribution < 1.29 is 0 Å². The molecule has 1 unspecified atom stereocenters. The van der Waals surface area contributed by atoms with Crippen LogP contribution in [0.1, 0.15) is 49.0 Å². The van der Waals surface area contributed by atoms with Gasteiger partial charge in [-0.25, -0.2) is 0 Å². The zero-order valence-electron chi connectivity index (χ0n) is 12.4. The molecule has 0 aliphatic heterocycles. The summed E-state index contributed by atoms with van der Waals surface area (Å²) in [5.41, 5.74) is 4.06. The molecule has 106 valence electrons. The molecule has 0 bridgehead atoms. The summed E-state index contributed by atoms with van der Waals surface area (Å²) in [7, 11) is 0. The first-order valence-electron chi connectivity index (χ1n) is 7.19. The average molecular weight is 332 g/mol. The third kappa shape index (κ3) is 3.71. The monoisotopic (exact) mass is 331 g/mol. The fourth-order valence-electron chi connectivity index (χ4n) is 2.64. The van der Waals surface area contributed by atoms with E-state index < -0.39 is 0 Å². The maximum atomic E-state index is 3.75. The van der Waals surface area contributed by atoms with Gasteiger partial charge in [0, 0.05) is 16.6 Å². The zero-order valence-corrected chi connectivity index (χ0v) is 13.9. The number of nitrogens with one attached hydrogen (secondary N) is 1. The quantitative estimate of drug-likeness (QED) is 0.756. The van der Waals surface area contributed by atoms with E-state index in [2.05, 4.69) is 90.5 Å². The zero-order chi connectivity index (χ0) is 14.5. The van der Waals surface area contributed by atoms with E-state index in [0.29, 0.717) is 12.1 Å². The Morgan fingerprint density at radius 2 is 1.85 bits per heavy atom. The molecule has 0 spiro atoms. The number of hydrogen-bond donors (Lipinski definition) is 1. The SMILES string of the molecule is CCC(N[C@H](C)c1ccccc1C)c1cccc(Br)c1. The van der Waals surface area contributed by atoms with Crippen LogP contribution in [0, 0.1) is 6.92 Å². The van der Waals surface area contributed by atoms with E-state index in [1.165, 1.54) is 16.7 Å². The third-order valence-corrected chi connectivity index (χ3v) is 4.26. The number of benzene rings is 2. The van der Waals surface area contributed by atoms with Crippen LogP contribution in [0.3, 0.4) is 0 Å². The van der Waals surface area contributed by atoms with Gasteiger partial charge in [-0.05, 0) is 49.1 Å². The Morgan fingerprint density at radius 1 is 1.10 bits per heavy atom. The summed E-state index contributed by atoms with van der Waals surface area (Å²) in [6.07, 6.45) is 1.08. The van der Waals surface area contributed by atoms with E-state index in [-0.39, 0.29) is 0 Å². The van der Waals surface area contributed by atoms with Crippen LogP contribution < -0.4 is 5.32 Å². The van der Waals surface area contributed by atoms with Gasteiger partial charge in [-0.1, -0.05) is 59.3 Å². The smallest absolute Gasteiger partial charge is 0.0323 e. The first-order chi connectivity index (χ1) is 9.61. The van der Waals surface area contributed by atoms with Crippen molar-refractivity contribution in [1.82, 2.24) is 5.32 Å². The normalized spacial score (nSPS) is 14.0. The molecule has 2 atom stereocenters. The van der Waals surface area contributed by atoms with E-state index in [1.54, 1.807) is 0 Å². The number of halogens is 1. The van der Waals surface area contributed by atoms with Crippen LogP contribution in [0.5, 0.6) is 0 Å². The molecule has 2 aromatic rings. The van der Waals surface area contributed by atoms with E-state index in [0.717, 1.165) is 10.9 Å². The maximum absolute atomic E-state index is 3.75. The summed E-state index contributed by atoms with van der Waals surface area (Å²) >= 11 is 3.55. The van der Waals surface area contributed by atoms with Gasteiger partial charge in [-0.15, -0.1) is 0 Å². The second-order valence-corrected chi connectivity index (χ2v) is 6.18. The second-order valence-electron chi connectivity index (χ2n) is 5.26.